The van der Waals surface area contributed by atoms with E-state index in [-0.39, 0.29) is 29.4 Å². The van der Waals surface area contributed by atoms with E-state index in [1.165, 1.54) is 12.1 Å². The Bertz CT molecular complexity index is 860. The molecule has 0 aliphatic rings. The van der Waals surface area contributed by atoms with Gasteiger partial charge in [0.25, 0.3) is 5.91 Å². The van der Waals surface area contributed by atoms with Crippen molar-refractivity contribution in [3.8, 4) is 5.75 Å². The Labute approximate surface area is 183 Å². The van der Waals surface area contributed by atoms with E-state index in [2.05, 4.69) is 13.8 Å². The molecule has 0 atom stereocenters. The van der Waals surface area contributed by atoms with E-state index in [0.717, 1.165) is 50.7 Å². The van der Waals surface area contributed by atoms with Gasteiger partial charge >= 0.3 is 0 Å². The predicted molar refractivity (Wildman–Crippen MR) is 117 cm³/mol. The summed E-state index contributed by atoms with van der Waals surface area (Å²) < 4.78 is 32.8. The van der Waals surface area contributed by atoms with Crippen molar-refractivity contribution < 1.29 is 23.1 Å². The second-order valence-corrected chi connectivity index (χ2v) is 7.60. The number of carbonyl (C=O) groups is 2. The van der Waals surface area contributed by atoms with Crippen LogP contribution in [0.15, 0.2) is 36.4 Å². The largest absolute Gasteiger partial charge is 0.488 e. The normalized spacial score (nSPS) is 10.7. The van der Waals surface area contributed by atoms with Crippen LogP contribution >= 0.6 is 0 Å². The van der Waals surface area contributed by atoms with Gasteiger partial charge in [-0.2, -0.15) is 0 Å². The second-order valence-electron chi connectivity index (χ2n) is 7.60. The molecule has 0 aromatic heterocycles. The Morgan fingerprint density at radius 1 is 0.968 bits per heavy atom. The van der Waals surface area contributed by atoms with Gasteiger partial charge in [0.05, 0.1) is 5.56 Å². The fourth-order valence-corrected chi connectivity index (χ4v) is 3.30. The number of halogens is 2. The summed E-state index contributed by atoms with van der Waals surface area (Å²) >= 11 is 0. The van der Waals surface area contributed by atoms with Crippen LogP contribution in [0, 0.1) is 11.6 Å². The lowest BCUT2D eigenvalue weighted by molar-refractivity contribution is 0.0744. The third-order valence-electron chi connectivity index (χ3n) is 5.12. The van der Waals surface area contributed by atoms with Crippen LogP contribution in [0.4, 0.5) is 8.78 Å². The maximum Gasteiger partial charge on any atom is 0.257 e. The first-order valence-corrected chi connectivity index (χ1v) is 10.9. The van der Waals surface area contributed by atoms with Gasteiger partial charge in [-0.3, -0.25) is 9.59 Å². The van der Waals surface area contributed by atoms with Gasteiger partial charge in [0.15, 0.2) is 0 Å². The molecule has 0 bridgehead atoms. The van der Waals surface area contributed by atoms with Gasteiger partial charge in [0, 0.05) is 30.3 Å². The SMILES string of the molecule is CCCCCN(CCCCC)C(=O)c1cc(C=O)ccc1OCc1ccc(F)cc1F. The van der Waals surface area contributed by atoms with Crippen molar-refractivity contribution in [1.29, 1.82) is 0 Å². The van der Waals surface area contributed by atoms with Crippen LogP contribution < -0.4 is 4.74 Å². The van der Waals surface area contributed by atoms with Gasteiger partial charge in [-0.1, -0.05) is 39.5 Å². The minimum Gasteiger partial charge on any atom is -0.488 e. The van der Waals surface area contributed by atoms with Crippen molar-refractivity contribution >= 4 is 12.2 Å². The quantitative estimate of drug-likeness (QED) is 0.281. The highest BCUT2D eigenvalue weighted by Gasteiger charge is 2.20. The van der Waals surface area contributed by atoms with Crippen LogP contribution in [0.3, 0.4) is 0 Å². The number of nitrogens with zero attached hydrogens (tertiary/aromatic N) is 1. The molecule has 31 heavy (non-hydrogen) atoms. The molecular weight excluding hydrogens is 400 g/mol. The number of rotatable bonds is 13. The molecule has 0 aliphatic carbocycles. The summed E-state index contributed by atoms with van der Waals surface area (Å²) in [7, 11) is 0. The van der Waals surface area contributed by atoms with Crippen molar-refractivity contribution in [1.82, 2.24) is 4.90 Å². The van der Waals surface area contributed by atoms with Crippen LogP contribution in [0.5, 0.6) is 5.75 Å². The highest BCUT2D eigenvalue weighted by molar-refractivity contribution is 5.98. The first kappa shape index (κ1) is 24.5. The lowest BCUT2D eigenvalue weighted by Crippen LogP contribution is -2.33. The molecule has 0 unspecified atom stereocenters. The Morgan fingerprint density at radius 3 is 2.23 bits per heavy atom. The van der Waals surface area contributed by atoms with Gasteiger partial charge < -0.3 is 9.64 Å². The predicted octanol–water partition coefficient (Wildman–Crippen LogP) is 6.18. The van der Waals surface area contributed by atoms with Gasteiger partial charge in [0.2, 0.25) is 0 Å². The number of amides is 1. The summed E-state index contributed by atoms with van der Waals surface area (Å²) in [5, 5.41) is 0. The van der Waals surface area contributed by atoms with Gasteiger partial charge in [-0.25, -0.2) is 8.78 Å². The van der Waals surface area contributed by atoms with Gasteiger partial charge in [0.1, 0.15) is 30.3 Å². The smallest absolute Gasteiger partial charge is 0.257 e. The van der Waals surface area contributed by atoms with E-state index in [4.69, 9.17) is 4.74 Å². The molecule has 0 N–H and O–H groups in total. The van der Waals surface area contributed by atoms with Crippen LogP contribution in [0.2, 0.25) is 0 Å². The molecular formula is C25H31F2NO3. The van der Waals surface area contributed by atoms with Crippen LogP contribution in [-0.2, 0) is 6.61 Å². The van der Waals surface area contributed by atoms with E-state index >= 15 is 0 Å². The van der Waals surface area contributed by atoms with Gasteiger partial charge in [-0.05, 0) is 43.2 Å². The topological polar surface area (TPSA) is 46.6 Å². The van der Waals surface area contributed by atoms with E-state index in [1.54, 1.807) is 17.0 Å². The molecule has 0 radical (unpaired) electrons. The number of carbonyl (C=O) groups excluding carboxylic acids is 2. The second kappa shape index (κ2) is 12.8. The Morgan fingerprint density at radius 2 is 1.65 bits per heavy atom. The Hall–Kier alpha value is -2.76. The van der Waals surface area contributed by atoms with E-state index in [1.807, 2.05) is 0 Å². The molecule has 1 amide bonds. The fourth-order valence-electron chi connectivity index (χ4n) is 3.30. The molecule has 168 valence electrons. The minimum absolute atomic E-state index is 0.154. The molecule has 6 heteroatoms. The van der Waals surface area contributed by atoms with Crippen molar-refractivity contribution in [2.75, 3.05) is 13.1 Å². The third-order valence-corrected chi connectivity index (χ3v) is 5.12. The maximum absolute atomic E-state index is 14.0. The summed E-state index contributed by atoms with van der Waals surface area (Å²) in [4.78, 5) is 26.4. The first-order chi connectivity index (χ1) is 15.0. The highest BCUT2D eigenvalue weighted by atomic mass is 19.1. The van der Waals surface area contributed by atoms with Crippen molar-refractivity contribution in [3.63, 3.8) is 0 Å². The van der Waals surface area contributed by atoms with Crippen molar-refractivity contribution in [3.05, 3.63) is 64.7 Å². The third kappa shape index (κ3) is 7.46. The summed E-state index contributed by atoms with van der Waals surface area (Å²) in [6.45, 7) is 5.33. The molecule has 0 fully saturated rings. The van der Waals surface area contributed by atoms with E-state index in [9.17, 15) is 18.4 Å². The van der Waals surface area contributed by atoms with Crippen molar-refractivity contribution in [2.45, 2.75) is 59.0 Å². The van der Waals surface area contributed by atoms with Crippen LogP contribution in [0.1, 0.15) is 78.7 Å². The van der Waals surface area contributed by atoms with Crippen LogP contribution in [0.25, 0.3) is 0 Å². The minimum atomic E-state index is -0.710. The zero-order valence-corrected chi connectivity index (χ0v) is 18.3. The Balaban J connectivity index is 2.25. The average Bonchev–Trinajstić information content (AvgIpc) is 2.77. The summed E-state index contributed by atoms with van der Waals surface area (Å²) in [6, 6.07) is 7.88. The zero-order chi connectivity index (χ0) is 22.6. The summed E-state index contributed by atoms with van der Waals surface area (Å²) in [6.07, 6.45) is 6.64. The molecule has 0 aliphatic heterocycles. The molecule has 0 spiro atoms. The standard InChI is InChI=1S/C25H31F2NO3/c1-3-5-7-13-28(14-8-6-4-2)25(30)22-15-19(17-29)9-12-24(22)31-18-20-10-11-21(26)16-23(20)27/h9-12,15-17H,3-8,13-14,18H2,1-2H3. The lowest BCUT2D eigenvalue weighted by Gasteiger charge is -2.24. The molecule has 0 heterocycles. The maximum atomic E-state index is 14.0. The summed E-state index contributed by atoms with van der Waals surface area (Å²) in [5.41, 5.74) is 0.827. The molecule has 2 aromatic rings. The molecule has 2 rings (SSSR count). The molecule has 0 saturated carbocycles. The zero-order valence-electron chi connectivity index (χ0n) is 18.3. The average molecular weight is 432 g/mol. The highest BCUT2D eigenvalue weighted by Crippen LogP contribution is 2.24. The number of unbranched alkanes of at least 4 members (excludes halogenated alkanes) is 4. The Kier molecular flexibility index (Phi) is 10.1. The monoisotopic (exact) mass is 431 g/mol. The number of ether oxygens (including phenoxy) is 1. The first-order valence-electron chi connectivity index (χ1n) is 10.9. The molecule has 2 aromatic carbocycles. The number of hydrogen-bond acceptors (Lipinski definition) is 3. The molecule has 0 saturated heterocycles. The lowest BCUT2D eigenvalue weighted by atomic mass is 10.1. The number of benzene rings is 2. The van der Waals surface area contributed by atoms with E-state index < -0.39 is 11.6 Å². The number of aldehydes is 1. The fraction of sp³-hybridized carbons (Fsp3) is 0.440. The summed E-state index contributed by atoms with van der Waals surface area (Å²) in [5.74, 6) is -1.30. The van der Waals surface area contributed by atoms with Crippen molar-refractivity contribution in [2.24, 2.45) is 0 Å². The molecule has 4 nitrogen and oxygen atoms in total. The van der Waals surface area contributed by atoms with E-state index in [0.29, 0.717) is 24.9 Å². The van der Waals surface area contributed by atoms with Crippen LogP contribution in [-0.4, -0.2) is 30.2 Å². The van der Waals surface area contributed by atoms with Gasteiger partial charge in [-0.15, -0.1) is 0 Å². The number of hydrogen-bond donors (Lipinski definition) is 0.